The highest BCUT2D eigenvalue weighted by Crippen LogP contribution is 2.27. The summed E-state index contributed by atoms with van der Waals surface area (Å²) in [6.45, 7) is 2.45. The molecule has 2 aromatic heterocycles. The van der Waals surface area contributed by atoms with Gasteiger partial charge in [0.2, 0.25) is 0 Å². The second kappa shape index (κ2) is 6.47. The minimum absolute atomic E-state index is 0.0194. The fourth-order valence-corrected chi connectivity index (χ4v) is 2.13. The number of anilines is 1. The van der Waals surface area contributed by atoms with E-state index in [1.165, 1.54) is 12.3 Å². The monoisotopic (exact) mass is 298 g/mol. The molecule has 0 aliphatic heterocycles. The molecule has 5 nitrogen and oxygen atoms in total. The molecule has 2 aromatic rings. The highest BCUT2D eigenvalue weighted by molar-refractivity contribution is 7.99. The molecule has 0 saturated heterocycles. The maximum atomic E-state index is 13.7. The van der Waals surface area contributed by atoms with Gasteiger partial charge in [-0.25, -0.2) is 18.7 Å². The Balaban J connectivity index is 2.29. The van der Waals surface area contributed by atoms with Gasteiger partial charge in [0.25, 0.3) is 5.56 Å². The van der Waals surface area contributed by atoms with Crippen LogP contribution in [-0.2, 0) is 0 Å². The Hall–Kier alpha value is -1.96. The number of nitrogens with zero attached hydrogens (tertiary/aromatic N) is 2. The van der Waals surface area contributed by atoms with E-state index in [0.29, 0.717) is 6.54 Å². The molecule has 0 spiro atoms. The van der Waals surface area contributed by atoms with E-state index in [-0.39, 0.29) is 21.6 Å². The van der Waals surface area contributed by atoms with Crippen molar-refractivity contribution in [2.75, 3.05) is 11.9 Å². The number of H-pyrrole nitrogens is 1. The summed E-state index contributed by atoms with van der Waals surface area (Å²) < 4.78 is 27.2. The smallest absolute Gasteiger partial charge is 0.251 e. The Kier molecular flexibility index (Phi) is 4.67. The molecule has 0 radical (unpaired) electrons. The number of rotatable bonds is 5. The molecule has 0 aromatic carbocycles. The van der Waals surface area contributed by atoms with E-state index in [4.69, 9.17) is 0 Å². The van der Waals surface area contributed by atoms with Gasteiger partial charge in [-0.2, -0.15) is 0 Å². The summed E-state index contributed by atoms with van der Waals surface area (Å²) in [5.74, 6) is -1.58. The number of nitrogens with one attached hydrogen (secondary N) is 2. The number of aromatic amines is 1. The van der Waals surface area contributed by atoms with Crippen molar-refractivity contribution in [3.05, 3.63) is 40.3 Å². The highest BCUT2D eigenvalue weighted by Gasteiger charge is 2.13. The van der Waals surface area contributed by atoms with Crippen LogP contribution < -0.4 is 10.9 Å². The van der Waals surface area contributed by atoms with Crippen LogP contribution >= 0.6 is 11.8 Å². The van der Waals surface area contributed by atoms with Crippen molar-refractivity contribution >= 4 is 17.6 Å². The van der Waals surface area contributed by atoms with Crippen molar-refractivity contribution < 1.29 is 8.78 Å². The first-order chi connectivity index (χ1) is 9.60. The summed E-state index contributed by atoms with van der Waals surface area (Å²) in [4.78, 5) is 21.3. The number of pyridine rings is 1. The minimum atomic E-state index is -0.805. The molecule has 2 rings (SSSR count). The van der Waals surface area contributed by atoms with E-state index >= 15 is 0 Å². The molecule has 2 heterocycles. The van der Waals surface area contributed by atoms with Crippen molar-refractivity contribution in [3.8, 4) is 0 Å². The van der Waals surface area contributed by atoms with Crippen LogP contribution in [0.5, 0.6) is 0 Å². The maximum Gasteiger partial charge on any atom is 0.251 e. The average Bonchev–Trinajstić information content (AvgIpc) is 2.40. The van der Waals surface area contributed by atoms with Crippen LogP contribution in [-0.4, -0.2) is 21.5 Å². The quantitative estimate of drug-likeness (QED) is 0.830. The van der Waals surface area contributed by atoms with Gasteiger partial charge in [-0.05, 0) is 18.2 Å². The summed E-state index contributed by atoms with van der Waals surface area (Å²) in [5, 5.41) is 2.90. The zero-order valence-electron chi connectivity index (χ0n) is 10.6. The predicted molar refractivity (Wildman–Crippen MR) is 71.9 cm³/mol. The largest absolute Gasteiger partial charge is 0.368 e. The standard InChI is InChI=1S/C12H12F2N4OS/c1-2-4-15-10-7(13)6-8(14)11(18-10)20-12-16-5-3-9(19)17-12/h3,5-6H,2,4H2,1H3,(H,15,18)(H,16,17,19). The summed E-state index contributed by atoms with van der Waals surface area (Å²) in [5.41, 5.74) is -0.352. The van der Waals surface area contributed by atoms with Crippen LogP contribution in [0.3, 0.4) is 0 Å². The molecule has 2 N–H and O–H groups in total. The topological polar surface area (TPSA) is 70.7 Å². The zero-order valence-corrected chi connectivity index (χ0v) is 11.4. The van der Waals surface area contributed by atoms with E-state index in [2.05, 4.69) is 20.3 Å². The van der Waals surface area contributed by atoms with Crippen molar-refractivity contribution in [2.45, 2.75) is 23.5 Å². The van der Waals surface area contributed by atoms with Gasteiger partial charge in [-0.3, -0.25) is 4.79 Å². The molecule has 0 amide bonds. The second-order valence-corrected chi connectivity index (χ2v) is 4.85. The Morgan fingerprint density at radius 3 is 2.90 bits per heavy atom. The van der Waals surface area contributed by atoms with Crippen LogP contribution in [0.2, 0.25) is 0 Å². The summed E-state index contributed by atoms with van der Waals surface area (Å²) in [6, 6.07) is 2.00. The molecule has 0 aliphatic carbocycles. The van der Waals surface area contributed by atoms with Crippen molar-refractivity contribution in [1.82, 2.24) is 15.0 Å². The second-order valence-electron chi connectivity index (χ2n) is 3.87. The molecule has 20 heavy (non-hydrogen) atoms. The van der Waals surface area contributed by atoms with E-state index in [1.807, 2.05) is 6.92 Å². The first kappa shape index (κ1) is 14.4. The fourth-order valence-electron chi connectivity index (χ4n) is 1.38. The molecule has 106 valence electrons. The third-order valence-electron chi connectivity index (χ3n) is 2.28. The first-order valence-electron chi connectivity index (χ1n) is 5.93. The lowest BCUT2D eigenvalue weighted by molar-refractivity contribution is 0.550. The van der Waals surface area contributed by atoms with Gasteiger partial charge in [-0.1, -0.05) is 6.92 Å². The zero-order chi connectivity index (χ0) is 14.5. The molecule has 0 fully saturated rings. The fraction of sp³-hybridized carbons (Fsp3) is 0.250. The summed E-state index contributed by atoms with van der Waals surface area (Å²) in [7, 11) is 0. The van der Waals surface area contributed by atoms with Gasteiger partial charge in [0.05, 0.1) is 0 Å². The number of aromatic nitrogens is 3. The van der Waals surface area contributed by atoms with Crippen LogP contribution in [0.25, 0.3) is 0 Å². The highest BCUT2D eigenvalue weighted by atomic mass is 32.2. The Labute approximate surface area is 117 Å². The Morgan fingerprint density at radius 1 is 1.40 bits per heavy atom. The van der Waals surface area contributed by atoms with Crippen LogP contribution in [0.1, 0.15) is 13.3 Å². The lowest BCUT2D eigenvalue weighted by Crippen LogP contribution is -2.07. The molecule has 0 atom stereocenters. The molecular formula is C12H12F2N4OS. The Morgan fingerprint density at radius 2 is 2.20 bits per heavy atom. The van der Waals surface area contributed by atoms with Crippen LogP contribution in [0.15, 0.2) is 33.3 Å². The van der Waals surface area contributed by atoms with Crippen molar-refractivity contribution in [3.63, 3.8) is 0 Å². The van der Waals surface area contributed by atoms with E-state index in [9.17, 15) is 13.6 Å². The molecule has 0 bridgehead atoms. The van der Waals surface area contributed by atoms with Crippen molar-refractivity contribution in [2.24, 2.45) is 0 Å². The predicted octanol–water partition coefficient (Wildman–Crippen LogP) is 2.42. The first-order valence-corrected chi connectivity index (χ1v) is 6.75. The lowest BCUT2D eigenvalue weighted by atomic mass is 10.4. The third-order valence-corrected chi connectivity index (χ3v) is 3.16. The molecule has 8 heteroatoms. The van der Waals surface area contributed by atoms with Crippen molar-refractivity contribution in [1.29, 1.82) is 0 Å². The minimum Gasteiger partial charge on any atom is -0.368 e. The van der Waals surface area contributed by atoms with Crippen LogP contribution in [0.4, 0.5) is 14.6 Å². The maximum absolute atomic E-state index is 13.7. The normalized spacial score (nSPS) is 10.6. The molecule has 0 saturated carbocycles. The summed E-state index contributed by atoms with van der Waals surface area (Å²) >= 11 is 0.825. The van der Waals surface area contributed by atoms with E-state index in [1.54, 1.807) is 0 Å². The number of hydrogen-bond donors (Lipinski definition) is 2. The van der Waals surface area contributed by atoms with Gasteiger partial charge in [0.15, 0.2) is 22.6 Å². The lowest BCUT2D eigenvalue weighted by Gasteiger charge is -2.08. The SMILES string of the molecule is CCCNc1nc(Sc2nccc(=O)[nH]2)c(F)cc1F. The van der Waals surface area contributed by atoms with Gasteiger partial charge in [-0.15, -0.1) is 0 Å². The number of halogens is 2. The number of hydrogen-bond acceptors (Lipinski definition) is 5. The third kappa shape index (κ3) is 3.53. The average molecular weight is 298 g/mol. The van der Waals surface area contributed by atoms with E-state index in [0.717, 1.165) is 24.2 Å². The molecule has 0 aliphatic rings. The molecule has 0 unspecified atom stereocenters. The van der Waals surface area contributed by atoms with Gasteiger partial charge < -0.3 is 10.3 Å². The van der Waals surface area contributed by atoms with E-state index < -0.39 is 11.6 Å². The van der Waals surface area contributed by atoms with Gasteiger partial charge in [0, 0.05) is 24.9 Å². The van der Waals surface area contributed by atoms with Gasteiger partial charge >= 0.3 is 0 Å². The van der Waals surface area contributed by atoms with Crippen LogP contribution in [0, 0.1) is 11.6 Å². The molecular weight excluding hydrogens is 286 g/mol. The summed E-state index contributed by atoms with van der Waals surface area (Å²) in [6.07, 6.45) is 2.09. The van der Waals surface area contributed by atoms with Gasteiger partial charge in [0.1, 0.15) is 5.03 Å². The Bertz CT molecular complexity index is 662.